The molecule has 0 bridgehead atoms. The number of aryl methyl sites for hydroxylation is 1. The summed E-state index contributed by atoms with van der Waals surface area (Å²) in [6.45, 7) is 2.00. The van der Waals surface area contributed by atoms with Crippen molar-refractivity contribution in [1.82, 2.24) is 10.3 Å². The Bertz CT molecular complexity index is 423. The largest absolute Gasteiger partial charge is 0.468 e. The van der Waals surface area contributed by atoms with E-state index in [1.165, 1.54) is 7.11 Å². The van der Waals surface area contributed by atoms with Crippen LogP contribution in [0.1, 0.15) is 16.1 Å². The lowest BCUT2D eigenvalue weighted by molar-refractivity contribution is -0.139. The third-order valence-corrected chi connectivity index (χ3v) is 3.10. The van der Waals surface area contributed by atoms with Gasteiger partial charge in [0, 0.05) is 18.4 Å². The average molecular weight is 348 g/mol. The molecule has 0 aromatic carbocycles. The minimum absolute atomic E-state index is 0.235. The summed E-state index contributed by atoms with van der Waals surface area (Å²) < 4.78 is 4.17. The van der Waals surface area contributed by atoms with Crippen LogP contribution in [0.25, 0.3) is 0 Å². The van der Waals surface area contributed by atoms with E-state index in [4.69, 9.17) is 0 Å². The Kier molecular flexibility index (Phi) is 5.33. The van der Waals surface area contributed by atoms with Crippen molar-refractivity contribution in [3.05, 3.63) is 29.6 Å². The van der Waals surface area contributed by atoms with Crippen LogP contribution in [0.4, 0.5) is 0 Å². The maximum absolute atomic E-state index is 11.8. The zero-order chi connectivity index (χ0) is 12.8. The minimum atomic E-state index is -0.390. The molecule has 0 aliphatic heterocycles. The number of aromatic nitrogens is 1. The zero-order valence-corrected chi connectivity index (χ0v) is 11.7. The molecule has 1 amide bonds. The van der Waals surface area contributed by atoms with Crippen molar-refractivity contribution in [1.29, 1.82) is 0 Å². The van der Waals surface area contributed by atoms with Gasteiger partial charge < -0.3 is 10.1 Å². The van der Waals surface area contributed by atoms with Crippen molar-refractivity contribution in [3.63, 3.8) is 0 Å². The minimum Gasteiger partial charge on any atom is -0.468 e. The van der Waals surface area contributed by atoms with Crippen molar-refractivity contribution in [3.8, 4) is 0 Å². The molecule has 1 atom stereocenters. The average Bonchev–Trinajstić information content (AvgIpc) is 2.35. The first-order valence-electron chi connectivity index (χ1n) is 4.98. The van der Waals surface area contributed by atoms with Gasteiger partial charge in [-0.25, -0.2) is 0 Å². The summed E-state index contributed by atoms with van der Waals surface area (Å²) in [4.78, 5) is 26.9. The monoisotopic (exact) mass is 348 g/mol. The number of hydrogen-bond donors (Lipinski definition) is 1. The number of methoxy groups -OCH3 is 1. The molecule has 6 heteroatoms. The smallest absolute Gasteiger partial charge is 0.320 e. The van der Waals surface area contributed by atoms with E-state index in [2.05, 4.69) is 15.0 Å². The molecule has 1 rings (SSSR count). The molecule has 0 aliphatic rings. The summed E-state index contributed by atoms with van der Waals surface area (Å²) in [6, 6.07) is 3.39. The number of nitrogens with zero attached hydrogens (tertiary/aromatic N) is 1. The number of nitrogens with one attached hydrogen (secondary N) is 1. The molecular weight excluding hydrogens is 335 g/mol. The van der Waals surface area contributed by atoms with Gasteiger partial charge >= 0.3 is 5.97 Å². The fourth-order valence-electron chi connectivity index (χ4n) is 1.21. The summed E-state index contributed by atoms with van der Waals surface area (Å²) in [5.74, 6) is -0.588. The van der Waals surface area contributed by atoms with E-state index in [9.17, 15) is 9.59 Å². The maximum Gasteiger partial charge on any atom is 0.320 e. The summed E-state index contributed by atoms with van der Waals surface area (Å²) in [5, 5.41) is 2.67. The van der Waals surface area contributed by atoms with Gasteiger partial charge in [-0.15, -0.1) is 0 Å². The Morgan fingerprint density at radius 3 is 2.88 bits per heavy atom. The molecule has 0 saturated carbocycles. The summed E-state index contributed by atoms with van der Waals surface area (Å²) in [7, 11) is 1.32. The SMILES string of the molecule is COC(=O)C(I)CNC(=O)c1cccnc1C. The molecule has 0 radical (unpaired) electrons. The third-order valence-electron chi connectivity index (χ3n) is 2.15. The molecule has 0 aliphatic carbocycles. The molecule has 1 unspecified atom stereocenters. The molecule has 1 aromatic rings. The predicted octanol–water partition coefficient (Wildman–Crippen LogP) is 1.10. The Morgan fingerprint density at radius 1 is 1.59 bits per heavy atom. The highest BCUT2D eigenvalue weighted by Crippen LogP contribution is 2.05. The van der Waals surface area contributed by atoms with E-state index in [0.717, 1.165) is 0 Å². The Balaban J connectivity index is 2.57. The second-order valence-electron chi connectivity index (χ2n) is 3.34. The van der Waals surface area contributed by atoms with Gasteiger partial charge in [0.1, 0.15) is 3.92 Å². The van der Waals surface area contributed by atoms with Gasteiger partial charge in [0.25, 0.3) is 5.91 Å². The van der Waals surface area contributed by atoms with E-state index < -0.39 is 3.92 Å². The molecule has 0 spiro atoms. The van der Waals surface area contributed by atoms with Crippen LogP contribution in [0.15, 0.2) is 18.3 Å². The van der Waals surface area contributed by atoms with Crippen LogP contribution in [0, 0.1) is 6.92 Å². The number of carbonyl (C=O) groups excluding carboxylic acids is 2. The van der Waals surface area contributed by atoms with E-state index in [-0.39, 0.29) is 18.4 Å². The summed E-state index contributed by atoms with van der Waals surface area (Å²) in [5.41, 5.74) is 1.18. The van der Waals surface area contributed by atoms with E-state index in [0.29, 0.717) is 11.3 Å². The maximum atomic E-state index is 11.8. The van der Waals surface area contributed by atoms with Crippen LogP contribution in [0.5, 0.6) is 0 Å². The number of rotatable bonds is 4. The number of amides is 1. The highest BCUT2D eigenvalue weighted by molar-refractivity contribution is 14.1. The van der Waals surface area contributed by atoms with Crippen LogP contribution < -0.4 is 5.32 Å². The fourth-order valence-corrected chi connectivity index (χ4v) is 1.69. The van der Waals surface area contributed by atoms with Crippen LogP contribution in [-0.2, 0) is 9.53 Å². The lowest BCUT2D eigenvalue weighted by Gasteiger charge is -2.10. The number of carbonyl (C=O) groups is 2. The first-order valence-corrected chi connectivity index (χ1v) is 6.22. The van der Waals surface area contributed by atoms with Gasteiger partial charge in [-0.3, -0.25) is 14.6 Å². The van der Waals surface area contributed by atoms with Crippen molar-refractivity contribution in [2.24, 2.45) is 0 Å². The van der Waals surface area contributed by atoms with Crippen molar-refractivity contribution < 1.29 is 14.3 Å². The Morgan fingerprint density at radius 2 is 2.29 bits per heavy atom. The van der Waals surface area contributed by atoms with E-state index in [1.807, 2.05) is 22.6 Å². The summed E-state index contributed by atoms with van der Waals surface area (Å²) >= 11 is 1.92. The van der Waals surface area contributed by atoms with Gasteiger partial charge in [-0.05, 0) is 19.1 Å². The number of ether oxygens (including phenoxy) is 1. The van der Waals surface area contributed by atoms with E-state index in [1.54, 1.807) is 25.3 Å². The fraction of sp³-hybridized carbons (Fsp3) is 0.364. The molecule has 1 N–H and O–H groups in total. The topological polar surface area (TPSA) is 68.3 Å². The lowest BCUT2D eigenvalue weighted by Crippen LogP contribution is -2.34. The van der Waals surface area contributed by atoms with Crippen molar-refractivity contribution in [2.75, 3.05) is 13.7 Å². The zero-order valence-electron chi connectivity index (χ0n) is 9.57. The van der Waals surface area contributed by atoms with Crippen molar-refractivity contribution >= 4 is 34.5 Å². The standard InChI is InChI=1S/C11H13IN2O3/c1-7-8(4-3-5-13-7)10(15)14-6-9(12)11(16)17-2/h3-5,9H,6H2,1-2H3,(H,14,15). The molecule has 17 heavy (non-hydrogen) atoms. The number of alkyl halides is 1. The summed E-state index contributed by atoms with van der Waals surface area (Å²) in [6.07, 6.45) is 1.63. The Hall–Kier alpha value is -1.18. The third kappa shape index (κ3) is 3.95. The van der Waals surface area contributed by atoms with Crippen LogP contribution >= 0.6 is 22.6 Å². The quantitative estimate of drug-likeness (QED) is 0.503. The van der Waals surface area contributed by atoms with Crippen LogP contribution in [0.3, 0.4) is 0 Å². The highest BCUT2D eigenvalue weighted by Gasteiger charge is 2.17. The molecular formula is C11H13IN2O3. The van der Waals surface area contributed by atoms with Crippen LogP contribution in [-0.4, -0.2) is 34.4 Å². The lowest BCUT2D eigenvalue weighted by atomic mass is 10.2. The molecule has 5 nitrogen and oxygen atoms in total. The van der Waals surface area contributed by atoms with Gasteiger partial charge in [0.15, 0.2) is 0 Å². The first-order chi connectivity index (χ1) is 8.06. The van der Waals surface area contributed by atoms with Crippen LogP contribution in [0.2, 0.25) is 0 Å². The molecule has 0 fully saturated rings. The highest BCUT2D eigenvalue weighted by atomic mass is 127. The molecule has 92 valence electrons. The normalized spacial score (nSPS) is 11.7. The number of hydrogen-bond acceptors (Lipinski definition) is 4. The predicted molar refractivity (Wildman–Crippen MR) is 71.1 cm³/mol. The van der Waals surface area contributed by atoms with Gasteiger partial charge in [-0.1, -0.05) is 22.6 Å². The van der Waals surface area contributed by atoms with Gasteiger partial charge in [0.2, 0.25) is 0 Å². The Labute approximate surface area is 113 Å². The second-order valence-corrected chi connectivity index (χ2v) is 4.84. The number of esters is 1. The van der Waals surface area contributed by atoms with Crippen molar-refractivity contribution in [2.45, 2.75) is 10.8 Å². The van der Waals surface area contributed by atoms with E-state index >= 15 is 0 Å². The second kappa shape index (κ2) is 6.53. The van der Waals surface area contributed by atoms with Gasteiger partial charge in [0.05, 0.1) is 12.7 Å². The molecule has 1 aromatic heterocycles. The molecule has 0 saturated heterocycles. The number of halogens is 1. The molecule has 1 heterocycles. The first kappa shape index (κ1) is 13.9. The van der Waals surface area contributed by atoms with Gasteiger partial charge in [-0.2, -0.15) is 0 Å². The number of pyridine rings is 1.